The molecule has 5 nitrogen and oxygen atoms in total. The van der Waals surface area contributed by atoms with E-state index in [2.05, 4.69) is 10.3 Å². The van der Waals surface area contributed by atoms with Gasteiger partial charge < -0.3 is 10.4 Å². The highest BCUT2D eigenvalue weighted by Gasteiger charge is 2.17. The number of benzene rings is 1. The number of carbonyl (C=O) groups is 1. The minimum Gasteiger partial charge on any atom is -0.392 e. The molecule has 0 bridgehead atoms. The molecule has 2 N–H and O–H groups in total. The van der Waals surface area contributed by atoms with Gasteiger partial charge >= 0.3 is 0 Å². The van der Waals surface area contributed by atoms with Gasteiger partial charge in [0.2, 0.25) is 5.91 Å². The molecule has 0 radical (unpaired) electrons. The molecule has 0 fully saturated rings. The van der Waals surface area contributed by atoms with Gasteiger partial charge in [0.25, 0.3) is 0 Å². The molecule has 0 aliphatic heterocycles. The number of hydrogen-bond acceptors (Lipinski definition) is 5. The second kappa shape index (κ2) is 7.69. The predicted molar refractivity (Wildman–Crippen MR) is 89.8 cm³/mol. The molecule has 1 aromatic heterocycles. The van der Waals surface area contributed by atoms with E-state index in [9.17, 15) is 9.90 Å². The number of aliphatic hydroxyl groups excluding tert-OH is 1. The fourth-order valence-electron chi connectivity index (χ4n) is 1.91. The van der Waals surface area contributed by atoms with E-state index >= 15 is 0 Å². The highest BCUT2D eigenvalue weighted by molar-refractivity contribution is 7.14. The molecule has 1 unspecified atom stereocenters. The average molecular weight is 340 g/mol. The van der Waals surface area contributed by atoms with Crippen LogP contribution >= 0.6 is 22.9 Å². The monoisotopic (exact) mass is 339 g/mol. The summed E-state index contributed by atoms with van der Waals surface area (Å²) in [5, 5.41) is 15.5. The van der Waals surface area contributed by atoms with Crippen LogP contribution < -0.4 is 10.2 Å². The van der Waals surface area contributed by atoms with E-state index in [0.717, 1.165) is 11.4 Å². The molecule has 2 aromatic rings. The van der Waals surface area contributed by atoms with Crippen LogP contribution in [-0.2, 0) is 11.3 Å². The third kappa shape index (κ3) is 4.51. The van der Waals surface area contributed by atoms with E-state index in [1.54, 1.807) is 36.1 Å². The quantitative estimate of drug-likeness (QED) is 0.849. The van der Waals surface area contributed by atoms with Gasteiger partial charge in [-0.05, 0) is 31.2 Å². The van der Waals surface area contributed by atoms with Crippen LogP contribution in [0.2, 0.25) is 5.02 Å². The Hall–Kier alpha value is -1.47. The van der Waals surface area contributed by atoms with Crippen LogP contribution in [0, 0.1) is 0 Å². The normalized spacial score (nSPS) is 12.2. The first-order valence-electron chi connectivity index (χ1n) is 6.87. The van der Waals surface area contributed by atoms with Crippen molar-refractivity contribution >= 4 is 39.7 Å². The minimum absolute atomic E-state index is 0.111. The molecule has 2 rings (SSSR count). The lowest BCUT2D eigenvalue weighted by molar-refractivity contribution is -0.115. The van der Waals surface area contributed by atoms with Crippen LogP contribution in [0.3, 0.4) is 0 Å². The van der Waals surface area contributed by atoms with Crippen LogP contribution in [0.1, 0.15) is 19.5 Å². The lowest BCUT2D eigenvalue weighted by Crippen LogP contribution is -2.24. The number of anilines is 2. The summed E-state index contributed by atoms with van der Waals surface area (Å²) in [5.41, 5.74) is 1.57. The van der Waals surface area contributed by atoms with E-state index in [1.165, 1.54) is 18.3 Å². The van der Waals surface area contributed by atoms with Gasteiger partial charge in [-0.25, -0.2) is 4.98 Å². The number of aromatic nitrogens is 1. The Bertz CT molecular complexity index is 628. The molecule has 0 spiro atoms. The first-order valence-corrected chi connectivity index (χ1v) is 8.12. The summed E-state index contributed by atoms with van der Waals surface area (Å²) in [5.74, 6) is -0.111. The van der Waals surface area contributed by atoms with Crippen molar-refractivity contribution in [1.82, 2.24) is 10.3 Å². The molecule has 1 heterocycles. The second-order valence-corrected chi connectivity index (χ2v) is 6.21. The van der Waals surface area contributed by atoms with Crippen molar-refractivity contribution < 1.29 is 9.90 Å². The second-order valence-electron chi connectivity index (χ2n) is 4.93. The van der Waals surface area contributed by atoms with Crippen molar-refractivity contribution in [2.45, 2.75) is 26.5 Å². The number of thiazole rings is 1. The predicted octanol–water partition coefficient (Wildman–Crippen LogP) is 2.95. The third-order valence-corrected chi connectivity index (χ3v) is 4.00. The van der Waals surface area contributed by atoms with E-state index in [1.807, 2.05) is 5.38 Å². The van der Waals surface area contributed by atoms with Gasteiger partial charge in [-0.3, -0.25) is 9.69 Å². The summed E-state index contributed by atoms with van der Waals surface area (Å²) in [7, 11) is 0. The van der Waals surface area contributed by atoms with Gasteiger partial charge in [-0.1, -0.05) is 11.6 Å². The van der Waals surface area contributed by atoms with Gasteiger partial charge in [0.15, 0.2) is 5.13 Å². The van der Waals surface area contributed by atoms with Gasteiger partial charge in [-0.15, -0.1) is 11.3 Å². The summed E-state index contributed by atoms with van der Waals surface area (Å²) in [6, 6.07) is 7.06. The van der Waals surface area contributed by atoms with Gasteiger partial charge in [0.05, 0.1) is 17.5 Å². The molecule has 1 amide bonds. The fraction of sp³-hybridized carbons (Fsp3) is 0.333. The van der Waals surface area contributed by atoms with Crippen molar-refractivity contribution in [2.75, 3.05) is 11.4 Å². The number of hydrogen-bond donors (Lipinski definition) is 2. The van der Waals surface area contributed by atoms with E-state index < -0.39 is 6.10 Å². The molecule has 0 aliphatic carbocycles. The lowest BCUT2D eigenvalue weighted by Gasteiger charge is -2.17. The molecule has 7 heteroatoms. The molecular weight excluding hydrogens is 322 g/mol. The summed E-state index contributed by atoms with van der Waals surface area (Å²) < 4.78 is 0. The highest BCUT2D eigenvalue weighted by atomic mass is 35.5. The number of carbonyl (C=O) groups excluding carboxylic acids is 1. The Morgan fingerprint density at radius 2 is 2.14 bits per heavy atom. The SMILES string of the molecule is CC(=O)N(c1ccc(Cl)cc1)c1nc(CNCC(C)O)cs1. The van der Waals surface area contributed by atoms with Crippen LogP contribution in [0.15, 0.2) is 29.6 Å². The zero-order valence-corrected chi connectivity index (χ0v) is 14.0. The maximum atomic E-state index is 12.0. The molecular formula is C15H18ClN3O2S. The Morgan fingerprint density at radius 1 is 1.45 bits per heavy atom. The number of halogens is 1. The van der Waals surface area contributed by atoms with Crippen molar-refractivity contribution in [2.24, 2.45) is 0 Å². The Morgan fingerprint density at radius 3 is 2.73 bits per heavy atom. The smallest absolute Gasteiger partial charge is 0.230 e. The number of nitrogens with zero attached hydrogens (tertiary/aromatic N) is 2. The molecule has 0 saturated heterocycles. The fourth-order valence-corrected chi connectivity index (χ4v) is 2.92. The van der Waals surface area contributed by atoms with Crippen molar-refractivity contribution in [1.29, 1.82) is 0 Å². The molecule has 1 aromatic carbocycles. The summed E-state index contributed by atoms with van der Waals surface area (Å²) in [6.07, 6.45) is -0.402. The van der Waals surface area contributed by atoms with Crippen LogP contribution in [-0.4, -0.2) is 28.6 Å². The summed E-state index contributed by atoms with van der Waals surface area (Å²) >= 11 is 7.29. The van der Waals surface area contributed by atoms with Gasteiger partial charge in [0.1, 0.15) is 0 Å². The van der Waals surface area contributed by atoms with Gasteiger partial charge in [0, 0.05) is 30.4 Å². The van der Waals surface area contributed by atoms with Gasteiger partial charge in [-0.2, -0.15) is 0 Å². The molecule has 1 atom stereocenters. The first-order chi connectivity index (χ1) is 10.5. The van der Waals surface area contributed by atoms with E-state index in [-0.39, 0.29) is 5.91 Å². The van der Waals surface area contributed by atoms with E-state index in [4.69, 9.17) is 11.6 Å². The number of amides is 1. The topological polar surface area (TPSA) is 65.5 Å². The molecule has 0 saturated carbocycles. The van der Waals surface area contributed by atoms with E-state index in [0.29, 0.717) is 23.2 Å². The Balaban J connectivity index is 2.14. The third-order valence-electron chi connectivity index (χ3n) is 2.88. The minimum atomic E-state index is -0.402. The number of aliphatic hydroxyl groups is 1. The largest absolute Gasteiger partial charge is 0.392 e. The maximum absolute atomic E-state index is 12.0. The highest BCUT2D eigenvalue weighted by Crippen LogP contribution is 2.29. The zero-order valence-electron chi connectivity index (χ0n) is 12.4. The maximum Gasteiger partial charge on any atom is 0.230 e. The molecule has 22 heavy (non-hydrogen) atoms. The lowest BCUT2D eigenvalue weighted by atomic mass is 10.3. The number of rotatable bonds is 6. The summed E-state index contributed by atoms with van der Waals surface area (Å²) in [4.78, 5) is 18.0. The van der Waals surface area contributed by atoms with Crippen LogP contribution in [0.5, 0.6) is 0 Å². The molecule has 0 aliphatic rings. The van der Waals surface area contributed by atoms with Crippen LogP contribution in [0.4, 0.5) is 10.8 Å². The zero-order chi connectivity index (χ0) is 16.1. The standard InChI is InChI=1S/C15H18ClN3O2S/c1-10(20)7-17-8-13-9-22-15(18-13)19(11(2)21)14-5-3-12(16)4-6-14/h3-6,9-10,17,20H,7-8H2,1-2H3. The Kier molecular flexibility index (Phi) is 5.90. The number of nitrogens with one attached hydrogen (secondary N) is 1. The summed E-state index contributed by atoms with van der Waals surface area (Å²) in [6.45, 7) is 4.27. The average Bonchev–Trinajstić information content (AvgIpc) is 2.89. The van der Waals surface area contributed by atoms with Crippen molar-refractivity contribution in [3.63, 3.8) is 0 Å². The van der Waals surface area contributed by atoms with Crippen LogP contribution in [0.25, 0.3) is 0 Å². The van der Waals surface area contributed by atoms with Crippen molar-refractivity contribution in [3.05, 3.63) is 40.4 Å². The Labute approximate surface area is 138 Å². The molecule has 118 valence electrons. The first kappa shape index (κ1) is 16.9. The van der Waals surface area contributed by atoms with Crippen molar-refractivity contribution in [3.8, 4) is 0 Å².